The molecule has 2 nitrogen and oxygen atoms in total. The summed E-state index contributed by atoms with van der Waals surface area (Å²) in [5.41, 5.74) is -0.000833. The van der Waals surface area contributed by atoms with Crippen molar-refractivity contribution in [1.29, 1.82) is 0 Å². The second kappa shape index (κ2) is 4.01. The van der Waals surface area contributed by atoms with Gasteiger partial charge in [0.1, 0.15) is 11.6 Å². The lowest BCUT2D eigenvalue weighted by atomic mass is 10.3. The lowest BCUT2D eigenvalue weighted by molar-refractivity contribution is 0.0113. The van der Waals surface area contributed by atoms with Crippen LogP contribution in [-0.4, -0.2) is 28.9 Å². The van der Waals surface area contributed by atoms with Crippen molar-refractivity contribution in [1.82, 2.24) is 9.88 Å². The van der Waals surface area contributed by atoms with Crippen LogP contribution in [0.15, 0.2) is 12.3 Å². The second-order valence-electron chi connectivity index (χ2n) is 3.90. The van der Waals surface area contributed by atoms with Crippen molar-refractivity contribution in [2.45, 2.75) is 18.9 Å². The summed E-state index contributed by atoms with van der Waals surface area (Å²) in [6.45, 7) is -0.210. The minimum atomic E-state index is -2.71. The molecule has 0 radical (unpaired) electrons. The van der Waals surface area contributed by atoms with Crippen LogP contribution in [0, 0.1) is 11.6 Å². The van der Waals surface area contributed by atoms with Gasteiger partial charge in [-0.1, -0.05) is 0 Å². The lowest BCUT2D eigenvalue weighted by Crippen LogP contribution is -2.25. The molecule has 0 spiro atoms. The normalized spacial score (nSPS) is 20.2. The first-order chi connectivity index (χ1) is 7.46. The zero-order valence-electron chi connectivity index (χ0n) is 8.39. The molecule has 2 rings (SSSR count). The van der Waals surface area contributed by atoms with Gasteiger partial charge in [-0.25, -0.2) is 17.6 Å². The Morgan fingerprint density at radius 3 is 2.69 bits per heavy atom. The Bertz CT molecular complexity index is 394. The third-order valence-electron chi connectivity index (χ3n) is 2.51. The average molecular weight is 234 g/mol. The molecule has 0 aromatic carbocycles. The number of aromatic nitrogens is 1. The molecule has 1 aromatic rings. The first-order valence-electron chi connectivity index (χ1n) is 4.86. The molecule has 0 atom stereocenters. The van der Waals surface area contributed by atoms with Crippen LogP contribution < -0.4 is 0 Å². The number of hydrogen-bond donors (Lipinski definition) is 0. The smallest absolute Gasteiger partial charge is 0.261 e. The summed E-state index contributed by atoms with van der Waals surface area (Å²) >= 11 is 0. The van der Waals surface area contributed by atoms with E-state index in [-0.39, 0.29) is 25.2 Å². The van der Waals surface area contributed by atoms with Crippen LogP contribution in [0.2, 0.25) is 0 Å². The lowest BCUT2D eigenvalue weighted by Gasteiger charge is -2.15. The van der Waals surface area contributed by atoms with Gasteiger partial charge in [-0.2, -0.15) is 0 Å². The van der Waals surface area contributed by atoms with E-state index in [1.165, 1.54) is 4.90 Å². The molecule has 6 heteroatoms. The minimum Gasteiger partial charge on any atom is -0.291 e. The summed E-state index contributed by atoms with van der Waals surface area (Å²) < 4.78 is 51.4. The summed E-state index contributed by atoms with van der Waals surface area (Å²) in [6.07, 6.45) is 0.655. The Hall–Kier alpha value is -1.17. The van der Waals surface area contributed by atoms with Gasteiger partial charge in [0.25, 0.3) is 5.92 Å². The van der Waals surface area contributed by atoms with Crippen LogP contribution in [0.1, 0.15) is 12.1 Å². The quantitative estimate of drug-likeness (QED) is 0.729. The van der Waals surface area contributed by atoms with Crippen LogP contribution in [0.4, 0.5) is 17.6 Å². The van der Waals surface area contributed by atoms with Gasteiger partial charge in [0.05, 0.1) is 18.4 Å². The topological polar surface area (TPSA) is 16.1 Å². The SMILES string of the molecule is Fc1cnc(CN2CCC(F)(F)C2)c(F)c1. The zero-order valence-corrected chi connectivity index (χ0v) is 8.39. The fourth-order valence-electron chi connectivity index (χ4n) is 1.71. The van der Waals surface area contributed by atoms with Crippen LogP contribution in [0.5, 0.6) is 0 Å². The van der Waals surface area contributed by atoms with Crippen LogP contribution in [0.25, 0.3) is 0 Å². The van der Waals surface area contributed by atoms with Gasteiger partial charge in [-0.05, 0) is 0 Å². The van der Waals surface area contributed by atoms with E-state index in [2.05, 4.69) is 4.98 Å². The summed E-state index contributed by atoms with van der Waals surface area (Å²) in [7, 11) is 0. The molecule has 2 heterocycles. The van der Waals surface area contributed by atoms with Crippen molar-refractivity contribution < 1.29 is 17.6 Å². The Kier molecular flexibility index (Phi) is 2.84. The fourth-order valence-corrected chi connectivity index (χ4v) is 1.71. The van der Waals surface area contributed by atoms with Crippen molar-refractivity contribution in [3.05, 3.63) is 29.6 Å². The van der Waals surface area contributed by atoms with Gasteiger partial charge in [0.15, 0.2) is 0 Å². The van der Waals surface area contributed by atoms with Gasteiger partial charge in [-0.3, -0.25) is 9.88 Å². The van der Waals surface area contributed by atoms with E-state index in [9.17, 15) is 17.6 Å². The molecule has 16 heavy (non-hydrogen) atoms. The maximum atomic E-state index is 13.2. The van der Waals surface area contributed by atoms with Crippen molar-refractivity contribution in [3.63, 3.8) is 0 Å². The summed E-state index contributed by atoms with van der Waals surface area (Å²) in [5.74, 6) is -4.28. The molecule has 0 aliphatic carbocycles. The number of hydrogen-bond acceptors (Lipinski definition) is 2. The summed E-state index contributed by atoms with van der Waals surface area (Å²) in [5, 5.41) is 0. The van der Waals surface area contributed by atoms with Crippen molar-refractivity contribution >= 4 is 0 Å². The molecule has 0 bridgehead atoms. The Morgan fingerprint density at radius 2 is 2.12 bits per heavy atom. The highest BCUT2D eigenvalue weighted by Gasteiger charge is 2.38. The maximum Gasteiger partial charge on any atom is 0.261 e. The molecule has 88 valence electrons. The molecule has 1 aliphatic heterocycles. The van der Waals surface area contributed by atoms with Crippen molar-refractivity contribution in [2.24, 2.45) is 0 Å². The summed E-state index contributed by atoms with van der Waals surface area (Å²) in [6, 6.07) is 0.705. The molecule has 0 amide bonds. The molecule has 1 aromatic heterocycles. The number of pyridine rings is 1. The van der Waals surface area contributed by atoms with Crippen LogP contribution >= 0.6 is 0 Å². The second-order valence-corrected chi connectivity index (χ2v) is 3.90. The number of rotatable bonds is 2. The number of halogens is 4. The van der Waals surface area contributed by atoms with Crippen molar-refractivity contribution in [2.75, 3.05) is 13.1 Å². The molecule has 0 N–H and O–H groups in total. The Balaban J connectivity index is 2.05. The van der Waals surface area contributed by atoms with E-state index in [4.69, 9.17) is 0 Å². The first-order valence-corrected chi connectivity index (χ1v) is 4.86. The van der Waals surface area contributed by atoms with Gasteiger partial charge in [0.2, 0.25) is 0 Å². The average Bonchev–Trinajstić information content (AvgIpc) is 2.51. The molecule has 1 fully saturated rings. The highest BCUT2D eigenvalue weighted by atomic mass is 19.3. The largest absolute Gasteiger partial charge is 0.291 e. The van der Waals surface area contributed by atoms with Crippen LogP contribution in [0.3, 0.4) is 0 Å². The Morgan fingerprint density at radius 1 is 1.38 bits per heavy atom. The zero-order chi connectivity index (χ0) is 11.8. The van der Waals surface area contributed by atoms with Gasteiger partial charge in [-0.15, -0.1) is 0 Å². The van der Waals surface area contributed by atoms with E-state index in [0.29, 0.717) is 6.07 Å². The highest BCUT2D eigenvalue weighted by Crippen LogP contribution is 2.27. The number of likely N-dealkylation sites (tertiary alicyclic amines) is 1. The van der Waals surface area contributed by atoms with Gasteiger partial charge >= 0.3 is 0 Å². The molecule has 0 saturated carbocycles. The standard InChI is InChI=1S/C10H10F4N2/c11-7-3-8(12)9(15-4-7)5-16-2-1-10(13,14)6-16/h3-4H,1-2,5-6H2. The van der Waals surface area contributed by atoms with Crippen molar-refractivity contribution in [3.8, 4) is 0 Å². The fraction of sp³-hybridized carbons (Fsp3) is 0.500. The Labute approximate surface area is 89.9 Å². The molecular formula is C10H10F4N2. The third kappa shape index (κ3) is 2.49. The highest BCUT2D eigenvalue weighted by molar-refractivity contribution is 5.09. The number of nitrogens with zero attached hydrogens (tertiary/aromatic N) is 2. The minimum absolute atomic E-state index is 0.000833. The van der Waals surface area contributed by atoms with E-state index in [1.807, 2.05) is 0 Å². The maximum absolute atomic E-state index is 13.2. The van der Waals surface area contributed by atoms with E-state index in [1.54, 1.807) is 0 Å². The predicted octanol–water partition coefficient (Wildman–Crippen LogP) is 2.20. The molecule has 1 saturated heterocycles. The van der Waals surface area contributed by atoms with E-state index in [0.717, 1.165) is 6.20 Å². The third-order valence-corrected chi connectivity index (χ3v) is 2.51. The van der Waals surface area contributed by atoms with Gasteiger partial charge in [0, 0.05) is 25.6 Å². The van der Waals surface area contributed by atoms with Gasteiger partial charge < -0.3 is 0 Å². The monoisotopic (exact) mass is 234 g/mol. The van der Waals surface area contributed by atoms with Crippen LogP contribution in [-0.2, 0) is 6.54 Å². The molecule has 1 aliphatic rings. The molecular weight excluding hydrogens is 224 g/mol. The number of alkyl halides is 2. The van der Waals surface area contributed by atoms with E-state index >= 15 is 0 Å². The van der Waals surface area contributed by atoms with E-state index < -0.39 is 24.1 Å². The molecule has 0 unspecified atom stereocenters. The first kappa shape index (κ1) is 11.3. The predicted molar refractivity (Wildman–Crippen MR) is 49.0 cm³/mol. The summed E-state index contributed by atoms with van der Waals surface area (Å²) in [4.78, 5) is 4.96.